The van der Waals surface area contributed by atoms with E-state index in [0.29, 0.717) is 35.1 Å². The third kappa shape index (κ3) is 8.71. The normalized spacial score (nSPS) is 11.5. The van der Waals surface area contributed by atoms with Crippen molar-refractivity contribution in [1.82, 2.24) is 19.6 Å². The predicted molar refractivity (Wildman–Crippen MR) is 164 cm³/mol. The van der Waals surface area contributed by atoms with Gasteiger partial charge >= 0.3 is 0 Å². The zero-order valence-corrected chi connectivity index (χ0v) is 25.7. The van der Waals surface area contributed by atoms with Gasteiger partial charge < -0.3 is 20.3 Å². The van der Waals surface area contributed by atoms with E-state index in [9.17, 15) is 14.4 Å². The van der Waals surface area contributed by atoms with Gasteiger partial charge in [-0.2, -0.15) is 0 Å². The molecule has 2 aromatic carbocycles. The summed E-state index contributed by atoms with van der Waals surface area (Å²) in [5, 5.41) is 6.25. The Bertz CT molecular complexity index is 1400. The molecule has 222 valence electrons. The standard InChI is InChI=1S/C31H42ClN5O4/c1-7-41-26-17-16-22(32)19-24(26)29(39)33-21-31(2,3)20-27(38)34-28-25(15-11-12-18-35(4)5)36(6)37(30(28)40)23-13-9-8-10-14-23/h8-10,13-14,16-17,19H,7,11-12,15,18,20-21H2,1-6H3,(H,33,39)(H,34,38). The number of carbonyl (C=O) groups is 2. The Morgan fingerprint density at radius 3 is 2.44 bits per heavy atom. The minimum absolute atomic E-state index is 0.0981. The highest BCUT2D eigenvalue weighted by molar-refractivity contribution is 6.31. The Hall–Kier alpha value is -3.56. The van der Waals surface area contributed by atoms with Crippen molar-refractivity contribution in [3.63, 3.8) is 0 Å². The Morgan fingerprint density at radius 1 is 1.07 bits per heavy atom. The summed E-state index contributed by atoms with van der Waals surface area (Å²) in [5.74, 6) is -0.181. The van der Waals surface area contributed by atoms with Crippen molar-refractivity contribution in [2.75, 3.05) is 39.1 Å². The van der Waals surface area contributed by atoms with Crippen LogP contribution in [0.3, 0.4) is 0 Å². The van der Waals surface area contributed by atoms with Crippen molar-refractivity contribution in [3.8, 4) is 11.4 Å². The van der Waals surface area contributed by atoms with Crippen LogP contribution in [0.4, 0.5) is 5.69 Å². The number of halogens is 1. The molecule has 0 aliphatic heterocycles. The van der Waals surface area contributed by atoms with E-state index in [0.717, 1.165) is 30.8 Å². The highest BCUT2D eigenvalue weighted by atomic mass is 35.5. The Balaban J connectivity index is 1.75. The fourth-order valence-electron chi connectivity index (χ4n) is 4.70. The average Bonchev–Trinajstić information content (AvgIpc) is 3.14. The van der Waals surface area contributed by atoms with Crippen LogP contribution in [-0.2, 0) is 18.3 Å². The van der Waals surface area contributed by atoms with Gasteiger partial charge in [0.1, 0.15) is 11.4 Å². The van der Waals surface area contributed by atoms with Crippen molar-refractivity contribution in [1.29, 1.82) is 0 Å². The number of carbonyl (C=O) groups excluding carboxylic acids is 2. The van der Waals surface area contributed by atoms with Gasteiger partial charge in [-0.05, 0) is 82.6 Å². The number of hydrogen-bond donors (Lipinski definition) is 2. The molecule has 3 aromatic rings. The summed E-state index contributed by atoms with van der Waals surface area (Å²) in [4.78, 5) is 41.9. The first-order valence-corrected chi connectivity index (χ1v) is 14.3. The summed E-state index contributed by atoms with van der Waals surface area (Å²) in [7, 11) is 5.91. The van der Waals surface area contributed by atoms with E-state index in [1.807, 2.05) is 76.9 Å². The average molecular weight is 584 g/mol. The van der Waals surface area contributed by atoms with Crippen LogP contribution in [0.2, 0.25) is 5.02 Å². The van der Waals surface area contributed by atoms with Gasteiger partial charge in [0.25, 0.3) is 11.5 Å². The minimum atomic E-state index is -0.594. The van der Waals surface area contributed by atoms with Crippen molar-refractivity contribution >= 4 is 29.1 Å². The summed E-state index contributed by atoms with van der Waals surface area (Å²) in [6.45, 7) is 7.21. The molecule has 0 spiro atoms. The monoisotopic (exact) mass is 583 g/mol. The molecule has 0 unspecified atom stereocenters. The van der Waals surface area contributed by atoms with Gasteiger partial charge in [-0.15, -0.1) is 0 Å². The van der Waals surface area contributed by atoms with E-state index in [2.05, 4.69) is 15.5 Å². The lowest BCUT2D eigenvalue weighted by Crippen LogP contribution is -2.37. The highest BCUT2D eigenvalue weighted by Crippen LogP contribution is 2.25. The van der Waals surface area contributed by atoms with E-state index in [1.54, 1.807) is 22.9 Å². The first-order valence-electron chi connectivity index (χ1n) is 13.9. The second-order valence-electron chi connectivity index (χ2n) is 11.2. The number of rotatable bonds is 14. The molecule has 0 fully saturated rings. The van der Waals surface area contributed by atoms with Crippen LogP contribution in [-0.4, -0.2) is 59.9 Å². The van der Waals surface area contributed by atoms with E-state index < -0.39 is 5.41 Å². The SMILES string of the molecule is CCOc1ccc(Cl)cc1C(=O)NCC(C)(C)CC(=O)Nc1c(CCCCN(C)C)n(C)n(-c2ccccc2)c1=O. The van der Waals surface area contributed by atoms with Crippen LogP contribution >= 0.6 is 11.6 Å². The number of ether oxygens (including phenoxy) is 1. The molecular weight excluding hydrogens is 542 g/mol. The summed E-state index contributed by atoms with van der Waals surface area (Å²) >= 11 is 6.11. The molecule has 3 rings (SSSR count). The molecule has 2 amide bonds. The molecule has 0 radical (unpaired) electrons. The van der Waals surface area contributed by atoms with Crippen LogP contribution < -0.4 is 20.9 Å². The van der Waals surface area contributed by atoms with Crippen molar-refractivity contribution < 1.29 is 14.3 Å². The summed E-state index contributed by atoms with van der Waals surface area (Å²) in [6.07, 6.45) is 2.59. The first kappa shape index (κ1) is 32.0. The Labute approximate surface area is 247 Å². The van der Waals surface area contributed by atoms with E-state index in [4.69, 9.17) is 16.3 Å². The smallest absolute Gasteiger partial charge is 0.295 e. The maximum absolute atomic E-state index is 13.6. The molecule has 2 N–H and O–H groups in total. The van der Waals surface area contributed by atoms with Gasteiger partial charge in [-0.25, -0.2) is 4.68 Å². The fraction of sp³-hybridized carbons (Fsp3) is 0.452. The molecule has 0 atom stereocenters. The van der Waals surface area contributed by atoms with Gasteiger partial charge in [0.05, 0.1) is 23.6 Å². The summed E-state index contributed by atoms with van der Waals surface area (Å²) in [6, 6.07) is 14.3. The largest absolute Gasteiger partial charge is 0.493 e. The number of unbranched alkanes of at least 4 members (excludes halogenated alkanes) is 1. The molecular formula is C31H42ClN5O4. The number of aromatic nitrogens is 2. The molecule has 0 aliphatic carbocycles. The quantitative estimate of drug-likeness (QED) is 0.263. The molecule has 10 heteroatoms. The molecule has 41 heavy (non-hydrogen) atoms. The number of amides is 2. The number of benzene rings is 2. The molecule has 0 aliphatic rings. The molecule has 1 heterocycles. The summed E-state index contributed by atoms with van der Waals surface area (Å²) < 4.78 is 8.98. The minimum Gasteiger partial charge on any atom is -0.493 e. The third-order valence-corrected chi connectivity index (χ3v) is 7.01. The Morgan fingerprint density at radius 2 is 1.78 bits per heavy atom. The van der Waals surface area contributed by atoms with Crippen LogP contribution in [0, 0.1) is 5.41 Å². The van der Waals surface area contributed by atoms with Gasteiger partial charge in [-0.3, -0.25) is 19.1 Å². The highest BCUT2D eigenvalue weighted by Gasteiger charge is 2.27. The molecule has 9 nitrogen and oxygen atoms in total. The fourth-order valence-corrected chi connectivity index (χ4v) is 4.87. The number of nitrogens with one attached hydrogen (secondary N) is 2. The molecule has 0 bridgehead atoms. The van der Waals surface area contributed by atoms with Gasteiger partial charge in [0.15, 0.2) is 0 Å². The zero-order chi connectivity index (χ0) is 30.2. The molecule has 0 saturated carbocycles. The van der Waals surface area contributed by atoms with Gasteiger partial charge in [0.2, 0.25) is 5.91 Å². The van der Waals surface area contributed by atoms with Crippen LogP contribution in [0.25, 0.3) is 5.69 Å². The summed E-state index contributed by atoms with van der Waals surface area (Å²) in [5.41, 5.74) is 1.27. The van der Waals surface area contributed by atoms with Crippen LogP contribution in [0.1, 0.15) is 56.1 Å². The number of anilines is 1. The second-order valence-corrected chi connectivity index (χ2v) is 11.6. The van der Waals surface area contributed by atoms with Crippen molar-refractivity contribution in [2.24, 2.45) is 12.5 Å². The first-order chi connectivity index (χ1) is 19.4. The number of hydrogen-bond acceptors (Lipinski definition) is 5. The van der Waals surface area contributed by atoms with Crippen LogP contribution in [0.5, 0.6) is 5.75 Å². The van der Waals surface area contributed by atoms with E-state index in [1.165, 1.54) is 0 Å². The third-order valence-electron chi connectivity index (χ3n) is 6.77. The maximum Gasteiger partial charge on any atom is 0.295 e. The molecule has 0 saturated heterocycles. The van der Waals surface area contributed by atoms with E-state index in [-0.39, 0.29) is 30.3 Å². The van der Waals surface area contributed by atoms with Crippen LogP contribution in [0.15, 0.2) is 53.3 Å². The predicted octanol–water partition coefficient (Wildman–Crippen LogP) is 4.90. The van der Waals surface area contributed by atoms with Crippen molar-refractivity contribution in [3.05, 3.63) is 75.2 Å². The number of nitrogens with zero attached hydrogens (tertiary/aromatic N) is 3. The number of para-hydroxylation sites is 1. The van der Waals surface area contributed by atoms with Crippen molar-refractivity contribution in [2.45, 2.75) is 46.5 Å². The lowest BCUT2D eigenvalue weighted by molar-refractivity contribution is -0.118. The lowest BCUT2D eigenvalue weighted by Gasteiger charge is -2.24. The maximum atomic E-state index is 13.6. The van der Waals surface area contributed by atoms with E-state index >= 15 is 0 Å². The lowest BCUT2D eigenvalue weighted by atomic mass is 9.88. The second kappa shape index (κ2) is 14.4. The zero-order valence-electron chi connectivity index (χ0n) is 24.9. The topological polar surface area (TPSA) is 97.6 Å². The van der Waals surface area contributed by atoms with Gasteiger partial charge in [-0.1, -0.05) is 43.6 Å². The Kier molecular flexibility index (Phi) is 11.2. The van der Waals surface area contributed by atoms with Gasteiger partial charge in [0, 0.05) is 25.0 Å². The molecule has 1 aromatic heterocycles.